The third-order valence-electron chi connectivity index (χ3n) is 3.28. The molecule has 0 saturated carbocycles. The topological polar surface area (TPSA) is 64.4 Å². The average molecular weight is 257 g/mol. The van der Waals surface area contributed by atoms with Crippen LogP contribution >= 0.6 is 0 Å². The van der Waals surface area contributed by atoms with Gasteiger partial charge in [-0.05, 0) is 5.56 Å². The van der Waals surface area contributed by atoms with Crippen LogP contribution in [0.15, 0.2) is 30.3 Å². The zero-order valence-corrected chi connectivity index (χ0v) is 10.7. The van der Waals surface area contributed by atoms with Gasteiger partial charge in [0, 0.05) is 26.7 Å². The minimum Gasteiger partial charge on any atom is -0.336 e. The summed E-state index contributed by atoms with van der Waals surface area (Å²) in [7, 11) is 1.61. The van der Waals surface area contributed by atoms with Crippen LogP contribution in [0.4, 0.5) is 0 Å². The maximum Gasteiger partial charge on any atom is 0.312 e. The lowest BCUT2D eigenvalue weighted by Crippen LogP contribution is -2.53. The van der Waals surface area contributed by atoms with Crippen LogP contribution in [0.1, 0.15) is 11.5 Å². The second-order valence-electron chi connectivity index (χ2n) is 4.57. The number of carbonyl (C=O) groups is 2. The van der Waals surface area contributed by atoms with E-state index in [9.17, 15) is 14.9 Å². The Morgan fingerprint density at radius 3 is 2.53 bits per heavy atom. The van der Waals surface area contributed by atoms with E-state index in [2.05, 4.69) is 6.07 Å². The molecule has 5 heteroatoms. The molecule has 2 amide bonds. The molecular weight excluding hydrogens is 242 g/mol. The molecular formula is C14H15N3O2. The van der Waals surface area contributed by atoms with Crippen LogP contribution in [0, 0.1) is 11.3 Å². The van der Waals surface area contributed by atoms with Gasteiger partial charge in [0.05, 0.1) is 12.0 Å². The first-order valence-corrected chi connectivity index (χ1v) is 6.12. The normalized spacial score (nSPS) is 17.3. The molecule has 1 fully saturated rings. The van der Waals surface area contributed by atoms with Crippen molar-refractivity contribution in [3.8, 4) is 6.07 Å². The fourth-order valence-electron chi connectivity index (χ4n) is 2.07. The molecule has 0 aliphatic carbocycles. The highest BCUT2D eigenvalue weighted by Crippen LogP contribution is 2.17. The number of piperazine rings is 1. The summed E-state index contributed by atoms with van der Waals surface area (Å²) in [5.74, 6) is -1.43. The monoisotopic (exact) mass is 257 g/mol. The Balaban J connectivity index is 2.10. The van der Waals surface area contributed by atoms with Gasteiger partial charge in [-0.2, -0.15) is 5.26 Å². The summed E-state index contributed by atoms with van der Waals surface area (Å²) in [6, 6.07) is 11.5. The highest BCUT2D eigenvalue weighted by atomic mass is 16.2. The summed E-state index contributed by atoms with van der Waals surface area (Å²) >= 11 is 0. The first-order chi connectivity index (χ1) is 9.13. The molecule has 0 N–H and O–H groups in total. The number of carbonyl (C=O) groups excluding carboxylic acids is 2. The lowest BCUT2D eigenvalue weighted by Gasteiger charge is -2.32. The Bertz CT molecular complexity index is 521. The number of likely N-dealkylation sites (N-methyl/N-ethyl adjacent to an activating group) is 1. The molecule has 0 bridgehead atoms. The molecule has 1 saturated heterocycles. The Labute approximate surface area is 112 Å². The van der Waals surface area contributed by atoms with Crippen molar-refractivity contribution < 1.29 is 9.59 Å². The van der Waals surface area contributed by atoms with Crippen LogP contribution in [0.2, 0.25) is 0 Å². The maximum absolute atomic E-state index is 11.8. The molecule has 98 valence electrons. The Hall–Kier alpha value is -2.35. The van der Waals surface area contributed by atoms with Gasteiger partial charge in [-0.15, -0.1) is 0 Å². The van der Waals surface area contributed by atoms with Crippen molar-refractivity contribution in [1.82, 2.24) is 9.80 Å². The molecule has 1 aromatic carbocycles. The number of nitriles is 1. The minimum atomic E-state index is -0.523. The SMILES string of the molecule is CN1CCN(CC(C#N)c2ccccc2)C(=O)C1=O. The first-order valence-electron chi connectivity index (χ1n) is 6.12. The van der Waals surface area contributed by atoms with E-state index < -0.39 is 17.7 Å². The molecule has 1 aliphatic heterocycles. The molecule has 1 atom stereocenters. The Morgan fingerprint density at radius 2 is 1.89 bits per heavy atom. The fourth-order valence-corrected chi connectivity index (χ4v) is 2.07. The Morgan fingerprint density at radius 1 is 1.21 bits per heavy atom. The standard InChI is InChI=1S/C14H15N3O2/c1-16-7-8-17(14(19)13(16)18)10-12(9-15)11-5-3-2-4-6-11/h2-6,12H,7-8,10H2,1H3. The second kappa shape index (κ2) is 5.53. The van der Waals surface area contributed by atoms with E-state index >= 15 is 0 Å². The number of rotatable bonds is 3. The van der Waals surface area contributed by atoms with Gasteiger partial charge in [0.15, 0.2) is 0 Å². The number of benzene rings is 1. The zero-order valence-electron chi connectivity index (χ0n) is 10.7. The minimum absolute atomic E-state index is 0.263. The van der Waals surface area contributed by atoms with Gasteiger partial charge >= 0.3 is 11.8 Å². The van der Waals surface area contributed by atoms with Crippen molar-refractivity contribution in [2.24, 2.45) is 0 Å². The number of amides is 2. The molecule has 0 aromatic heterocycles. The van der Waals surface area contributed by atoms with Gasteiger partial charge in [-0.3, -0.25) is 9.59 Å². The molecule has 1 aromatic rings. The predicted octanol–water partition coefficient (Wildman–Crippen LogP) is 0.594. The number of nitrogens with zero attached hydrogens (tertiary/aromatic N) is 3. The van der Waals surface area contributed by atoms with Crippen molar-refractivity contribution >= 4 is 11.8 Å². The van der Waals surface area contributed by atoms with Crippen molar-refractivity contribution in [3.05, 3.63) is 35.9 Å². The molecule has 1 aliphatic rings. The summed E-state index contributed by atoms with van der Waals surface area (Å²) in [4.78, 5) is 26.3. The van der Waals surface area contributed by atoms with E-state index in [0.717, 1.165) is 5.56 Å². The van der Waals surface area contributed by atoms with Crippen LogP contribution in [0.3, 0.4) is 0 Å². The van der Waals surface area contributed by atoms with Crippen molar-refractivity contribution in [2.75, 3.05) is 26.7 Å². The quantitative estimate of drug-likeness (QED) is 0.745. The van der Waals surface area contributed by atoms with Gasteiger partial charge in [-0.1, -0.05) is 30.3 Å². The van der Waals surface area contributed by atoms with Crippen molar-refractivity contribution in [1.29, 1.82) is 5.26 Å². The summed E-state index contributed by atoms with van der Waals surface area (Å²) in [5, 5.41) is 9.23. The van der Waals surface area contributed by atoms with Crippen molar-refractivity contribution in [3.63, 3.8) is 0 Å². The highest BCUT2D eigenvalue weighted by molar-refractivity contribution is 6.35. The van der Waals surface area contributed by atoms with E-state index in [1.54, 1.807) is 7.05 Å². The highest BCUT2D eigenvalue weighted by Gasteiger charge is 2.31. The smallest absolute Gasteiger partial charge is 0.312 e. The van der Waals surface area contributed by atoms with Gasteiger partial charge in [-0.25, -0.2) is 0 Å². The van der Waals surface area contributed by atoms with Gasteiger partial charge < -0.3 is 9.80 Å². The molecule has 5 nitrogen and oxygen atoms in total. The molecule has 1 heterocycles. The second-order valence-corrected chi connectivity index (χ2v) is 4.57. The van der Waals surface area contributed by atoms with E-state index in [-0.39, 0.29) is 6.54 Å². The van der Waals surface area contributed by atoms with E-state index in [4.69, 9.17) is 0 Å². The molecule has 0 spiro atoms. The summed E-state index contributed by atoms with van der Waals surface area (Å²) in [6.07, 6.45) is 0. The summed E-state index contributed by atoms with van der Waals surface area (Å²) in [6.45, 7) is 1.25. The van der Waals surface area contributed by atoms with Crippen LogP contribution in [-0.2, 0) is 9.59 Å². The fraction of sp³-hybridized carbons (Fsp3) is 0.357. The largest absolute Gasteiger partial charge is 0.336 e. The maximum atomic E-state index is 11.8. The van der Waals surface area contributed by atoms with E-state index in [0.29, 0.717) is 13.1 Å². The van der Waals surface area contributed by atoms with E-state index in [1.807, 2.05) is 30.3 Å². The van der Waals surface area contributed by atoms with E-state index in [1.165, 1.54) is 9.80 Å². The number of hydrogen-bond acceptors (Lipinski definition) is 3. The van der Waals surface area contributed by atoms with Gasteiger partial charge in [0.25, 0.3) is 0 Å². The van der Waals surface area contributed by atoms with Crippen molar-refractivity contribution in [2.45, 2.75) is 5.92 Å². The summed E-state index contributed by atoms with van der Waals surface area (Å²) in [5.41, 5.74) is 0.865. The van der Waals surface area contributed by atoms with Gasteiger partial charge in [0.1, 0.15) is 0 Å². The lowest BCUT2D eigenvalue weighted by atomic mass is 10.00. The third-order valence-corrected chi connectivity index (χ3v) is 3.28. The first kappa shape index (κ1) is 13.1. The average Bonchev–Trinajstić information content (AvgIpc) is 2.45. The predicted molar refractivity (Wildman–Crippen MR) is 69.0 cm³/mol. The Kier molecular flexibility index (Phi) is 3.81. The van der Waals surface area contributed by atoms with Crippen LogP contribution in [-0.4, -0.2) is 48.3 Å². The van der Waals surface area contributed by atoms with Crippen LogP contribution in [0.5, 0.6) is 0 Å². The molecule has 2 rings (SSSR count). The van der Waals surface area contributed by atoms with Crippen LogP contribution < -0.4 is 0 Å². The molecule has 0 radical (unpaired) electrons. The molecule has 19 heavy (non-hydrogen) atoms. The lowest BCUT2D eigenvalue weighted by molar-refractivity contribution is -0.154. The van der Waals surface area contributed by atoms with Crippen LogP contribution in [0.25, 0.3) is 0 Å². The number of hydrogen-bond donors (Lipinski definition) is 0. The summed E-state index contributed by atoms with van der Waals surface area (Å²) < 4.78 is 0. The molecule has 1 unspecified atom stereocenters. The third kappa shape index (κ3) is 2.74. The zero-order chi connectivity index (χ0) is 13.8. The van der Waals surface area contributed by atoms with Gasteiger partial charge in [0.2, 0.25) is 0 Å².